The number of carbonyl (C=O) groups excluding carboxylic acids is 2. The molecule has 3 aromatic carbocycles. The topological polar surface area (TPSA) is 49.9 Å². The monoisotopic (exact) mass is 562 g/mol. The van der Waals surface area contributed by atoms with Crippen LogP contribution in [0.3, 0.4) is 0 Å². The number of nitrogens with zero attached hydrogens (tertiary/aromatic N) is 2. The van der Waals surface area contributed by atoms with Gasteiger partial charge in [0.05, 0.1) is 19.1 Å². The van der Waals surface area contributed by atoms with E-state index in [-0.39, 0.29) is 11.8 Å². The molecule has 4 rings (SSSR count). The van der Waals surface area contributed by atoms with E-state index in [0.29, 0.717) is 31.6 Å². The third-order valence-electron chi connectivity index (χ3n) is 6.89. The van der Waals surface area contributed by atoms with Crippen LogP contribution in [0.5, 0.6) is 5.75 Å². The summed E-state index contributed by atoms with van der Waals surface area (Å²) in [5.74, 6) is 0.808. The van der Waals surface area contributed by atoms with Gasteiger partial charge in [-0.2, -0.15) is 0 Å². The molecule has 0 spiro atoms. The summed E-state index contributed by atoms with van der Waals surface area (Å²) in [6.45, 7) is 1.81. The van der Waals surface area contributed by atoms with E-state index in [4.69, 9.17) is 4.74 Å². The van der Waals surface area contributed by atoms with E-state index in [1.54, 1.807) is 7.11 Å². The molecule has 0 aromatic heterocycles. The first-order valence-corrected chi connectivity index (χ1v) is 13.9. The van der Waals surface area contributed by atoms with Gasteiger partial charge in [0.1, 0.15) is 5.75 Å². The van der Waals surface area contributed by atoms with Gasteiger partial charge < -0.3 is 14.5 Å². The van der Waals surface area contributed by atoms with Crippen molar-refractivity contribution in [3.8, 4) is 5.75 Å². The van der Waals surface area contributed by atoms with Crippen molar-refractivity contribution in [2.24, 2.45) is 0 Å². The molecule has 37 heavy (non-hydrogen) atoms. The minimum absolute atomic E-state index is 0.00593. The standard InChI is InChI=1S/C31H35BrN2O3/c1-37-26-15-12-13-24(21-26)22-30(35)34-20-11-5-3-2-4-10-19-33(23-25-14-6-9-18-29(25)34)31(36)27-16-7-8-17-28(27)32/h6-9,12-18,21H,2-5,10-11,19-20,22-23H2,1H3. The fraction of sp³-hybridized carbons (Fsp3) is 0.355. The van der Waals surface area contributed by atoms with Gasteiger partial charge in [-0.3, -0.25) is 9.59 Å². The maximum Gasteiger partial charge on any atom is 0.255 e. The first-order valence-electron chi connectivity index (χ1n) is 13.1. The summed E-state index contributed by atoms with van der Waals surface area (Å²) < 4.78 is 6.15. The minimum atomic E-state index is 0.00593. The summed E-state index contributed by atoms with van der Waals surface area (Å²) in [5.41, 5.74) is 3.46. The first kappa shape index (κ1) is 26.9. The lowest BCUT2D eigenvalue weighted by Gasteiger charge is -2.29. The highest BCUT2D eigenvalue weighted by Gasteiger charge is 2.23. The zero-order valence-electron chi connectivity index (χ0n) is 21.5. The molecule has 0 aliphatic carbocycles. The Bertz CT molecular complexity index is 1210. The van der Waals surface area contributed by atoms with Crippen LogP contribution in [0.2, 0.25) is 0 Å². The molecule has 0 saturated heterocycles. The van der Waals surface area contributed by atoms with Crippen molar-refractivity contribution in [3.63, 3.8) is 0 Å². The summed E-state index contributed by atoms with van der Waals surface area (Å²) in [6.07, 6.45) is 6.68. The molecule has 194 valence electrons. The number of hydrogen-bond acceptors (Lipinski definition) is 3. The molecule has 1 aliphatic heterocycles. The van der Waals surface area contributed by atoms with Gasteiger partial charge in [-0.15, -0.1) is 0 Å². The summed E-state index contributed by atoms with van der Waals surface area (Å²) in [6, 6.07) is 23.3. The number of anilines is 1. The third kappa shape index (κ3) is 7.22. The van der Waals surface area contributed by atoms with Crippen molar-refractivity contribution >= 4 is 33.4 Å². The van der Waals surface area contributed by atoms with Crippen molar-refractivity contribution in [2.75, 3.05) is 25.1 Å². The van der Waals surface area contributed by atoms with E-state index in [1.807, 2.05) is 82.6 Å². The summed E-state index contributed by atoms with van der Waals surface area (Å²) in [7, 11) is 1.64. The van der Waals surface area contributed by atoms with Gasteiger partial charge in [-0.25, -0.2) is 0 Å². The van der Waals surface area contributed by atoms with E-state index >= 15 is 0 Å². The van der Waals surface area contributed by atoms with Crippen LogP contribution in [0.25, 0.3) is 0 Å². The second-order valence-corrected chi connectivity index (χ2v) is 10.4. The number of amides is 2. The van der Waals surface area contributed by atoms with Crippen molar-refractivity contribution in [1.29, 1.82) is 0 Å². The van der Waals surface area contributed by atoms with E-state index in [9.17, 15) is 9.59 Å². The van der Waals surface area contributed by atoms with Crippen LogP contribution in [0, 0.1) is 0 Å². The molecule has 0 fully saturated rings. The number of hydrogen-bond donors (Lipinski definition) is 0. The molecule has 1 heterocycles. The van der Waals surface area contributed by atoms with Gasteiger partial charge in [0.2, 0.25) is 5.91 Å². The Hall–Kier alpha value is -3.12. The molecular weight excluding hydrogens is 528 g/mol. The predicted octanol–water partition coefficient (Wildman–Crippen LogP) is 7.03. The van der Waals surface area contributed by atoms with E-state index < -0.39 is 0 Å². The van der Waals surface area contributed by atoms with Crippen LogP contribution in [0.15, 0.2) is 77.3 Å². The Morgan fingerprint density at radius 2 is 1.54 bits per heavy atom. The molecular formula is C31H35BrN2O3. The van der Waals surface area contributed by atoms with Crippen LogP contribution in [0.1, 0.15) is 60.0 Å². The van der Waals surface area contributed by atoms with Crippen LogP contribution in [0.4, 0.5) is 5.69 Å². The number of para-hydroxylation sites is 1. The van der Waals surface area contributed by atoms with E-state index in [0.717, 1.165) is 65.6 Å². The second kappa shape index (κ2) is 13.4. The van der Waals surface area contributed by atoms with Gasteiger partial charge in [0.25, 0.3) is 5.91 Å². The summed E-state index contributed by atoms with van der Waals surface area (Å²) >= 11 is 3.55. The summed E-state index contributed by atoms with van der Waals surface area (Å²) in [4.78, 5) is 31.2. The zero-order chi connectivity index (χ0) is 26.0. The minimum Gasteiger partial charge on any atom is -0.497 e. The molecule has 0 N–H and O–H groups in total. The second-order valence-electron chi connectivity index (χ2n) is 9.53. The normalized spacial score (nSPS) is 15.1. The molecule has 0 unspecified atom stereocenters. The highest BCUT2D eigenvalue weighted by molar-refractivity contribution is 9.10. The number of ether oxygens (including phenoxy) is 1. The van der Waals surface area contributed by atoms with Crippen molar-refractivity contribution in [3.05, 3.63) is 94.0 Å². The quantitative estimate of drug-likeness (QED) is 0.343. The number of rotatable bonds is 4. The maximum atomic E-state index is 13.7. The van der Waals surface area contributed by atoms with Gasteiger partial charge >= 0.3 is 0 Å². The third-order valence-corrected chi connectivity index (χ3v) is 7.58. The summed E-state index contributed by atoms with van der Waals surface area (Å²) in [5, 5.41) is 0. The Labute approximate surface area is 228 Å². The smallest absolute Gasteiger partial charge is 0.255 e. The van der Waals surface area contributed by atoms with Crippen molar-refractivity contribution in [2.45, 2.75) is 51.5 Å². The maximum absolute atomic E-state index is 13.7. The molecule has 2 amide bonds. The zero-order valence-corrected chi connectivity index (χ0v) is 23.1. The Kier molecular flexibility index (Phi) is 9.78. The van der Waals surface area contributed by atoms with Crippen LogP contribution >= 0.6 is 15.9 Å². The van der Waals surface area contributed by atoms with Crippen LogP contribution < -0.4 is 9.64 Å². The molecule has 0 atom stereocenters. The lowest BCUT2D eigenvalue weighted by atomic mass is 10.1. The van der Waals surface area contributed by atoms with Gasteiger partial charge in [-0.05, 0) is 70.2 Å². The first-order chi connectivity index (χ1) is 18.1. The van der Waals surface area contributed by atoms with E-state index in [1.165, 1.54) is 0 Å². The SMILES string of the molecule is COc1cccc(CC(=O)N2CCCCCCCCN(C(=O)c3ccccc3Br)Cc3ccccc32)c1. The van der Waals surface area contributed by atoms with Crippen LogP contribution in [-0.4, -0.2) is 36.9 Å². The van der Waals surface area contributed by atoms with Crippen molar-refractivity contribution in [1.82, 2.24) is 4.90 Å². The number of methoxy groups -OCH3 is 1. The molecule has 1 aliphatic rings. The highest BCUT2D eigenvalue weighted by atomic mass is 79.9. The fourth-order valence-electron chi connectivity index (χ4n) is 4.88. The fourth-order valence-corrected chi connectivity index (χ4v) is 5.34. The Morgan fingerprint density at radius 3 is 2.32 bits per heavy atom. The lowest BCUT2D eigenvalue weighted by molar-refractivity contribution is -0.118. The predicted molar refractivity (Wildman–Crippen MR) is 152 cm³/mol. The van der Waals surface area contributed by atoms with Gasteiger partial charge in [0.15, 0.2) is 0 Å². The van der Waals surface area contributed by atoms with E-state index in [2.05, 4.69) is 15.9 Å². The number of benzene rings is 3. The van der Waals surface area contributed by atoms with Crippen molar-refractivity contribution < 1.29 is 14.3 Å². The molecule has 0 radical (unpaired) electrons. The molecule has 5 nitrogen and oxygen atoms in total. The molecule has 6 heteroatoms. The van der Waals surface area contributed by atoms with Gasteiger partial charge in [0, 0.05) is 29.8 Å². The van der Waals surface area contributed by atoms with Crippen LogP contribution in [-0.2, 0) is 17.8 Å². The molecule has 3 aromatic rings. The molecule has 0 saturated carbocycles. The average Bonchev–Trinajstić information content (AvgIpc) is 2.93. The molecule has 0 bridgehead atoms. The number of halogens is 1. The Balaban J connectivity index is 1.65. The lowest BCUT2D eigenvalue weighted by Crippen LogP contribution is -2.36. The highest BCUT2D eigenvalue weighted by Crippen LogP contribution is 2.27. The average molecular weight is 564 g/mol. The number of fused-ring (bicyclic) bond motifs is 1. The largest absolute Gasteiger partial charge is 0.497 e. The number of carbonyl (C=O) groups is 2. The van der Waals surface area contributed by atoms with Gasteiger partial charge in [-0.1, -0.05) is 68.1 Å². The Morgan fingerprint density at radius 1 is 0.838 bits per heavy atom.